The Labute approximate surface area is 189 Å². The van der Waals surface area contributed by atoms with E-state index in [-0.39, 0.29) is 11.8 Å². The Kier molecular flexibility index (Phi) is 8.03. The molecule has 1 unspecified atom stereocenters. The Balaban J connectivity index is 1.58. The van der Waals surface area contributed by atoms with E-state index in [1.54, 1.807) is 31.2 Å². The Hall–Kier alpha value is -3.60. The lowest BCUT2D eigenvalue weighted by Gasteiger charge is -2.17. The average molecular weight is 431 g/mol. The van der Waals surface area contributed by atoms with Crippen LogP contribution in [0.25, 0.3) is 0 Å². The van der Waals surface area contributed by atoms with Crippen LogP contribution in [-0.2, 0) is 11.2 Å². The zero-order chi connectivity index (χ0) is 22.9. The molecule has 32 heavy (non-hydrogen) atoms. The van der Waals surface area contributed by atoms with E-state index < -0.39 is 6.10 Å². The van der Waals surface area contributed by atoms with Crippen LogP contribution in [0.3, 0.4) is 0 Å². The molecule has 0 spiro atoms. The predicted molar refractivity (Wildman–Crippen MR) is 128 cm³/mol. The van der Waals surface area contributed by atoms with E-state index in [9.17, 15) is 9.59 Å². The second-order valence-electron chi connectivity index (χ2n) is 8.01. The first kappa shape index (κ1) is 23.1. The first-order chi connectivity index (χ1) is 15.4. The van der Waals surface area contributed by atoms with Crippen molar-refractivity contribution in [2.75, 3.05) is 11.9 Å². The molecule has 2 N–H and O–H groups in total. The number of amides is 2. The molecule has 3 aromatic rings. The molecule has 166 valence electrons. The Morgan fingerprint density at radius 1 is 0.844 bits per heavy atom. The largest absolute Gasteiger partial charge is 0.481 e. The van der Waals surface area contributed by atoms with E-state index in [2.05, 4.69) is 24.5 Å². The summed E-state index contributed by atoms with van der Waals surface area (Å²) < 4.78 is 5.78. The van der Waals surface area contributed by atoms with Gasteiger partial charge in [0.25, 0.3) is 11.8 Å². The summed E-state index contributed by atoms with van der Waals surface area (Å²) in [6.45, 7) is 6.45. The van der Waals surface area contributed by atoms with Crippen molar-refractivity contribution in [2.45, 2.75) is 39.2 Å². The third-order valence-corrected chi connectivity index (χ3v) is 5.20. The Morgan fingerprint density at radius 2 is 1.50 bits per heavy atom. The first-order valence-corrected chi connectivity index (χ1v) is 10.9. The van der Waals surface area contributed by atoms with Gasteiger partial charge in [-0.2, -0.15) is 0 Å². The Bertz CT molecular complexity index is 1030. The standard InChI is InChI=1S/C27H30N2O3/c1-19(2)22-13-15-23(16-14-22)32-20(3)26(30)29-25-12-8-7-11-24(25)27(31)28-18-17-21-9-5-4-6-10-21/h4-16,19-20H,17-18H2,1-3H3,(H,28,31)(H,29,30). The van der Waals surface area contributed by atoms with Gasteiger partial charge in [0.05, 0.1) is 11.3 Å². The molecular weight excluding hydrogens is 400 g/mol. The van der Waals surface area contributed by atoms with Crippen LogP contribution in [0.1, 0.15) is 48.2 Å². The highest BCUT2D eigenvalue weighted by molar-refractivity contribution is 6.04. The van der Waals surface area contributed by atoms with Crippen LogP contribution >= 0.6 is 0 Å². The molecule has 0 aliphatic heterocycles. The van der Waals surface area contributed by atoms with E-state index in [0.29, 0.717) is 29.5 Å². The van der Waals surface area contributed by atoms with Gasteiger partial charge in [0, 0.05) is 6.54 Å². The minimum atomic E-state index is -0.714. The number of hydrogen-bond acceptors (Lipinski definition) is 3. The molecule has 0 fully saturated rings. The second-order valence-corrected chi connectivity index (χ2v) is 8.01. The quantitative estimate of drug-likeness (QED) is 0.491. The van der Waals surface area contributed by atoms with Gasteiger partial charge >= 0.3 is 0 Å². The van der Waals surface area contributed by atoms with E-state index in [1.807, 2.05) is 54.6 Å². The van der Waals surface area contributed by atoms with Crippen molar-refractivity contribution in [3.8, 4) is 5.75 Å². The molecular formula is C27H30N2O3. The minimum Gasteiger partial charge on any atom is -0.481 e. The summed E-state index contributed by atoms with van der Waals surface area (Å²) in [4.78, 5) is 25.4. The van der Waals surface area contributed by atoms with Gasteiger partial charge in [-0.15, -0.1) is 0 Å². The van der Waals surface area contributed by atoms with Gasteiger partial charge in [-0.25, -0.2) is 0 Å². The van der Waals surface area contributed by atoms with Crippen LogP contribution in [-0.4, -0.2) is 24.5 Å². The molecule has 0 saturated carbocycles. The van der Waals surface area contributed by atoms with E-state index in [0.717, 1.165) is 12.0 Å². The van der Waals surface area contributed by atoms with Crippen LogP contribution in [0.15, 0.2) is 78.9 Å². The summed E-state index contributed by atoms with van der Waals surface area (Å²) in [7, 11) is 0. The zero-order valence-corrected chi connectivity index (χ0v) is 18.8. The first-order valence-electron chi connectivity index (χ1n) is 10.9. The van der Waals surface area contributed by atoms with Crippen molar-refractivity contribution in [1.29, 1.82) is 0 Å². The van der Waals surface area contributed by atoms with Gasteiger partial charge < -0.3 is 15.4 Å². The fraction of sp³-hybridized carbons (Fsp3) is 0.259. The highest BCUT2D eigenvalue weighted by atomic mass is 16.5. The number of carbonyl (C=O) groups excluding carboxylic acids is 2. The third-order valence-electron chi connectivity index (χ3n) is 5.20. The van der Waals surface area contributed by atoms with Gasteiger partial charge in [0.2, 0.25) is 0 Å². The molecule has 0 aliphatic rings. The number of carbonyl (C=O) groups is 2. The summed E-state index contributed by atoms with van der Waals surface area (Å²) in [5, 5.41) is 5.75. The number of anilines is 1. The van der Waals surface area contributed by atoms with Crippen LogP contribution in [0.5, 0.6) is 5.75 Å². The molecule has 3 rings (SSSR count). The SMILES string of the molecule is CC(Oc1ccc(C(C)C)cc1)C(=O)Nc1ccccc1C(=O)NCCc1ccccc1. The molecule has 0 bridgehead atoms. The van der Waals surface area contributed by atoms with Gasteiger partial charge in [-0.1, -0.05) is 68.4 Å². The molecule has 3 aromatic carbocycles. The fourth-order valence-corrected chi connectivity index (χ4v) is 3.27. The molecule has 1 atom stereocenters. The van der Waals surface area contributed by atoms with Crippen LogP contribution < -0.4 is 15.4 Å². The third kappa shape index (κ3) is 6.45. The van der Waals surface area contributed by atoms with Gasteiger partial charge in [-0.3, -0.25) is 9.59 Å². The average Bonchev–Trinajstić information content (AvgIpc) is 2.80. The maximum Gasteiger partial charge on any atom is 0.265 e. The summed E-state index contributed by atoms with van der Waals surface area (Å²) in [6, 6.07) is 24.7. The predicted octanol–water partition coefficient (Wildman–Crippen LogP) is 5.19. The molecule has 0 aliphatic carbocycles. The summed E-state index contributed by atoms with van der Waals surface area (Å²) in [5.41, 5.74) is 3.24. The van der Waals surface area contributed by atoms with Gasteiger partial charge in [0.1, 0.15) is 5.75 Å². The molecule has 0 saturated heterocycles. The minimum absolute atomic E-state index is 0.227. The zero-order valence-electron chi connectivity index (χ0n) is 18.8. The maximum absolute atomic E-state index is 12.7. The number of para-hydroxylation sites is 1. The number of benzene rings is 3. The highest BCUT2D eigenvalue weighted by Crippen LogP contribution is 2.20. The highest BCUT2D eigenvalue weighted by Gasteiger charge is 2.18. The van der Waals surface area contributed by atoms with Crippen molar-refractivity contribution in [3.05, 3.63) is 95.6 Å². The monoisotopic (exact) mass is 430 g/mol. The molecule has 0 radical (unpaired) electrons. The second kappa shape index (κ2) is 11.1. The van der Waals surface area contributed by atoms with E-state index >= 15 is 0 Å². The maximum atomic E-state index is 12.7. The van der Waals surface area contributed by atoms with E-state index in [4.69, 9.17) is 4.74 Å². The molecule has 5 heteroatoms. The van der Waals surface area contributed by atoms with Gasteiger partial charge in [-0.05, 0) is 54.7 Å². The lowest BCUT2D eigenvalue weighted by Crippen LogP contribution is -2.32. The van der Waals surface area contributed by atoms with Crippen molar-refractivity contribution in [2.24, 2.45) is 0 Å². The van der Waals surface area contributed by atoms with Crippen molar-refractivity contribution >= 4 is 17.5 Å². The topological polar surface area (TPSA) is 67.4 Å². The van der Waals surface area contributed by atoms with Crippen LogP contribution in [0.4, 0.5) is 5.69 Å². The lowest BCUT2D eigenvalue weighted by molar-refractivity contribution is -0.122. The van der Waals surface area contributed by atoms with Crippen LogP contribution in [0, 0.1) is 0 Å². The molecule has 5 nitrogen and oxygen atoms in total. The van der Waals surface area contributed by atoms with Gasteiger partial charge in [0.15, 0.2) is 6.10 Å². The normalized spacial score (nSPS) is 11.6. The van der Waals surface area contributed by atoms with Crippen molar-refractivity contribution in [3.63, 3.8) is 0 Å². The summed E-state index contributed by atoms with van der Waals surface area (Å²) in [5.74, 6) is 0.515. The molecule has 2 amide bonds. The summed E-state index contributed by atoms with van der Waals surface area (Å²) >= 11 is 0. The molecule has 0 aromatic heterocycles. The molecule has 0 heterocycles. The van der Waals surface area contributed by atoms with Crippen LogP contribution in [0.2, 0.25) is 0 Å². The number of rotatable bonds is 9. The number of ether oxygens (including phenoxy) is 1. The Morgan fingerprint density at radius 3 is 2.19 bits per heavy atom. The summed E-state index contributed by atoms with van der Waals surface area (Å²) in [6.07, 6.45) is 0.0239. The number of nitrogens with one attached hydrogen (secondary N) is 2. The fourth-order valence-electron chi connectivity index (χ4n) is 3.27. The lowest BCUT2D eigenvalue weighted by atomic mass is 10.0. The smallest absolute Gasteiger partial charge is 0.265 e. The number of hydrogen-bond donors (Lipinski definition) is 2. The van der Waals surface area contributed by atoms with Crippen molar-refractivity contribution in [1.82, 2.24) is 5.32 Å². The van der Waals surface area contributed by atoms with E-state index in [1.165, 1.54) is 5.56 Å². The van der Waals surface area contributed by atoms with Crippen molar-refractivity contribution < 1.29 is 14.3 Å².